The molecule has 3 heteroatoms. The Labute approximate surface area is 134 Å². The van der Waals surface area contributed by atoms with E-state index >= 15 is 0 Å². The van der Waals surface area contributed by atoms with Crippen LogP contribution in [-0.4, -0.2) is 17.2 Å². The molecule has 1 saturated heterocycles. The van der Waals surface area contributed by atoms with Crippen LogP contribution in [0.4, 0.5) is 0 Å². The van der Waals surface area contributed by atoms with Gasteiger partial charge >= 0.3 is 135 Å². The van der Waals surface area contributed by atoms with Gasteiger partial charge in [-0.25, -0.2) is 0 Å². The fraction of sp³-hybridized carbons (Fsp3) is 0.263. The first-order chi connectivity index (χ1) is 10.7. The zero-order chi connectivity index (χ0) is 15.4. The van der Waals surface area contributed by atoms with E-state index in [2.05, 4.69) is 16.4 Å². The number of halogens is 1. The molecule has 1 aliphatic rings. The number of hydrogen-bond acceptors (Lipinski definition) is 2. The second kappa shape index (κ2) is 6.62. The summed E-state index contributed by atoms with van der Waals surface area (Å²) in [7, 11) is 0. The van der Waals surface area contributed by atoms with Crippen molar-refractivity contribution in [2.75, 3.05) is 8.86 Å². The van der Waals surface area contributed by atoms with Crippen molar-refractivity contribution >= 4 is 26.3 Å². The van der Waals surface area contributed by atoms with E-state index in [1.54, 1.807) is 12.1 Å². The predicted octanol–water partition coefficient (Wildman–Crippen LogP) is 4.48. The predicted molar refractivity (Wildman–Crippen MR) is 100 cm³/mol. The average molecular weight is 406 g/mol. The SMILES string of the molecule is C=I1(C(=O)c2ccc(C#Cc3ccccc3)o2)CCCCC1. The van der Waals surface area contributed by atoms with Gasteiger partial charge in [0.15, 0.2) is 0 Å². The van der Waals surface area contributed by atoms with Crippen molar-refractivity contribution in [2.45, 2.75) is 19.3 Å². The molecule has 3 rings (SSSR count). The van der Waals surface area contributed by atoms with E-state index in [4.69, 9.17) is 4.42 Å². The van der Waals surface area contributed by atoms with Gasteiger partial charge in [0, 0.05) is 0 Å². The molecule has 1 aromatic carbocycles. The van der Waals surface area contributed by atoms with E-state index < -0.39 is 18.0 Å². The molecule has 0 amide bonds. The van der Waals surface area contributed by atoms with Gasteiger partial charge < -0.3 is 0 Å². The summed E-state index contributed by atoms with van der Waals surface area (Å²) in [5.41, 5.74) is 0.935. The first-order valence-corrected chi connectivity index (χ1v) is 13.1. The Morgan fingerprint density at radius 3 is 2.45 bits per heavy atom. The minimum atomic E-state index is -2.55. The molecule has 2 heterocycles. The van der Waals surface area contributed by atoms with Gasteiger partial charge in [-0.05, 0) is 0 Å². The van der Waals surface area contributed by atoms with Crippen molar-refractivity contribution in [2.24, 2.45) is 0 Å². The summed E-state index contributed by atoms with van der Waals surface area (Å²) in [6.45, 7) is 0. The van der Waals surface area contributed by atoms with Crippen molar-refractivity contribution in [1.29, 1.82) is 0 Å². The van der Waals surface area contributed by atoms with Crippen LogP contribution in [-0.2, 0) is 0 Å². The molecule has 0 unspecified atom stereocenters. The molecule has 1 aromatic heterocycles. The molecular weight excluding hydrogens is 387 g/mol. The second-order valence-electron chi connectivity index (χ2n) is 5.46. The summed E-state index contributed by atoms with van der Waals surface area (Å²) in [6, 6.07) is 13.3. The van der Waals surface area contributed by atoms with Crippen LogP contribution < -0.4 is 0 Å². The number of carbonyl (C=O) groups excluding carboxylic acids is 1. The molecule has 0 spiro atoms. The Hall–Kier alpha value is -1.67. The van der Waals surface area contributed by atoms with Gasteiger partial charge in [0.25, 0.3) is 0 Å². The maximum atomic E-state index is 12.7. The number of hydrogen-bond donors (Lipinski definition) is 0. The quantitative estimate of drug-likeness (QED) is 0.319. The first-order valence-electron chi connectivity index (χ1n) is 7.42. The van der Waals surface area contributed by atoms with E-state index in [1.165, 1.54) is 6.42 Å². The molecular formula is C19H19IO2. The molecule has 0 atom stereocenters. The number of alkyl halides is 2. The Morgan fingerprint density at radius 1 is 1.00 bits per heavy atom. The molecule has 0 bridgehead atoms. The van der Waals surface area contributed by atoms with Gasteiger partial charge in [0.2, 0.25) is 0 Å². The molecule has 0 saturated carbocycles. The van der Waals surface area contributed by atoms with E-state index in [1.807, 2.05) is 30.3 Å². The van der Waals surface area contributed by atoms with Crippen molar-refractivity contribution < 1.29 is 9.21 Å². The fourth-order valence-electron chi connectivity index (χ4n) is 2.51. The third kappa shape index (κ3) is 3.38. The first kappa shape index (κ1) is 15.2. The Bertz CT molecular complexity index is 765. The van der Waals surface area contributed by atoms with Crippen LogP contribution in [0.25, 0.3) is 0 Å². The molecule has 0 N–H and O–H groups in total. The van der Waals surface area contributed by atoms with Crippen LogP contribution >= 0.6 is 18.0 Å². The Balaban J connectivity index is 1.78. The summed E-state index contributed by atoms with van der Waals surface area (Å²) in [4.78, 5) is 12.7. The number of carbonyl (C=O) groups is 1. The monoisotopic (exact) mass is 406 g/mol. The minimum absolute atomic E-state index is 0.194. The van der Waals surface area contributed by atoms with Crippen molar-refractivity contribution in [3.05, 3.63) is 59.5 Å². The topological polar surface area (TPSA) is 30.2 Å². The second-order valence-corrected chi connectivity index (χ2v) is 14.1. The average Bonchev–Trinajstić information content (AvgIpc) is 3.03. The maximum absolute atomic E-state index is 12.7. The third-order valence-corrected chi connectivity index (χ3v) is 12.0. The fourth-order valence-corrected chi connectivity index (χ4v) is 9.44. The Kier molecular flexibility index (Phi) is 4.58. The van der Waals surface area contributed by atoms with Gasteiger partial charge in [0.05, 0.1) is 0 Å². The molecule has 114 valence electrons. The Morgan fingerprint density at radius 2 is 1.73 bits per heavy atom. The summed E-state index contributed by atoms with van der Waals surface area (Å²) < 4.78 is 12.3. The molecule has 0 aliphatic carbocycles. The third-order valence-electron chi connectivity index (χ3n) is 3.76. The van der Waals surface area contributed by atoms with Crippen LogP contribution in [0.3, 0.4) is 0 Å². The van der Waals surface area contributed by atoms with Gasteiger partial charge in [0.1, 0.15) is 0 Å². The summed E-state index contributed by atoms with van der Waals surface area (Å²) in [5.74, 6) is 7.04. The zero-order valence-electron chi connectivity index (χ0n) is 12.5. The normalized spacial score (nSPS) is 18.0. The van der Waals surface area contributed by atoms with Crippen LogP contribution in [0, 0.1) is 11.8 Å². The molecule has 2 nitrogen and oxygen atoms in total. The summed E-state index contributed by atoms with van der Waals surface area (Å²) >= 11 is -2.55. The van der Waals surface area contributed by atoms with Crippen molar-refractivity contribution in [3.8, 4) is 11.8 Å². The molecule has 1 aliphatic heterocycles. The van der Waals surface area contributed by atoms with Gasteiger partial charge in [-0.1, -0.05) is 0 Å². The number of benzene rings is 1. The molecule has 22 heavy (non-hydrogen) atoms. The zero-order valence-corrected chi connectivity index (χ0v) is 14.6. The number of furan rings is 1. The summed E-state index contributed by atoms with van der Waals surface area (Å²) in [6.07, 6.45) is 3.53. The van der Waals surface area contributed by atoms with Gasteiger partial charge in [-0.3, -0.25) is 0 Å². The summed E-state index contributed by atoms with van der Waals surface area (Å²) in [5, 5.41) is 0. The van der Waals surface area contributed by atoms with Crippen molar-refractivity contribution in [1.82, 2.24) is 0 Å². The van der Waals surface area contributed by atoms with E-state index in [-0.39, 0.29) is 3.79 Å². The van der Waals surface area contributed by atoms with Gasteiger partial charge in [-0.2, -0.15) is 0 Å². The van der Waals surface area contributed by atoms with E-state index in [9.17, 15) is 4.79 Å². The standard InChI is InChI=1S/C19H19IO2/c1-20(14-6-3-7-15-20)19(21)18-13-12-17(22-18)11-10-16-8-4-2-5-9-16/h2,4-5,8-9,12-13H,1,3,6-7,14-15H2. The van der Waals surface area contributed by atoms with Crippen LogP contribution in [0.1, 0.15) is 41.1 Å². The van der Waals surface area contributed by atoms with Gasteiger partial charge in [-0.15, -0.1) is 0 Å². The number of rotatable bonds is 2. The van der Waals surface area contributed by atoms with Crippen LogP contribution in [0.15, 0.2) is 46.9 Å². The molecule has 1 fully saturated rings. The van der Waals surface area contributed by atoms with E-state index in [0.29, 0.717) is 11.5 Å². The van der Waals surface area contributed by atoms with Crippen LogP contribution in [0.2, 0.25) is 0 Å². The molecule has 2 aromatic rings. The van der Waals surface area contributed by atoms with Crippen molar-refractivity contribution in [3.63, 3.8) is 0 Å². The molecule has 0 radical (unpaired) electrons. The van der Waals surface area contributed by atoms with E-state index in [0.717, 1.165) is 27.3 Å². The van der Waals surface area contributed by atoms with Crippen LogP contribution in [0.5, 0.6) is 0 Å².